The molecule has 5 nitrogen and oxygen atoms in total. The molecule has 0 spiro atoms. The van der Waals surface area contributed by atoms with Gasteiger partial charge in [0.2, 0.25) is 10.0 Å². The van der Waals surface area contributed by atoms with E-state index in [2.05, 4.69) is 10.3 Å². The topological polar surface area (TPSA) is 62.3 Å². The summed E-state index contributed by atoms with van der Waals surface area (Å²) in [4.78, 5) is 4.32. The third kappa shape index (κ3) is 2.03. The molecule has 0 atom stereocenters. The standard InChI is InChI=1S/C10H15N3O2S/c1-11-10-8-9(4-5-12-10)16(14,15)13-6-2-3-7-13/h4-5,8H,2-3,6-7H2,1H3,(H,11,12). The lowest BCUT2D eigenvalue weighted by molar-refractivity contribution is 0.477. The van der Waals surface area contributed by atoms with E-state index < -0.39 is 10.0 Å². The summed E-state index contributed by atoms with van der Waals surface area (Å²) < 4.78 is 25.9. The Bertz CT molecular complexity index is 467. The van der Waals surface area contributed by atoms with Gasteiger partial charge in [0, 0.05) is 32.4 Å². The van der Waals surface area contributed by atoms with Gasteiger partial charge in [0.15, 0.2) is 0 Å². The molecule has 1 N–H and O–H groups in total. The van der Waals surface area contributed by atoms with E-state index in [9.17, 15) is 8.42 Å². The molecule has 0 saturated carbocycles. The van der Waals surface area contributed by atoms with Gasteiger partial charge >= 0.3 is 0 Å². The fraction of sp³-hybridized carbons (Fsp3) is 0.500. The second-order valence-electron chi connectivity index (χ2n) is 3.74. The molecule has 16 heavy (non-hydrogen) atoms. The average Bonchev–Trinajstić information content (AvgIpc) is 2.83. The minimum atomic E-state index is -3.32. The number of aromatic nitrogens is 1. The Morgan fingerprint density at radius 1 is 1.38 bits per heavy atom. The zero-order chi connectivity index (χ0) is 11.6. The third-order valence-corrected chi connectivity index (χ3v) is 4.58. The van der Waals surface area contributed by atoms with E-state index in [-0.39, 0.29) is 0 Å². The smallest absolute Gasteiger partial charge is 0.243 e. The predicted molar refractivity (Wildman–Crippen MR) is 61.8 cm³/mol. The Morgan fingerprint density at radius 3 is 2.69 bits per heavy atom. The van der Waals surface area contributed by atoms with Crippen LogP contribution in [0.25, 0.3) is 0 Å². The minimum absolute atomic E-state index is 0.314. The summed E-state index contributed by atoms with van der Waals surface area (Å²) in [5.41, 5.74) is 0. The lowest BCUT2D eigenvalue weighted by Gasteiger charge is -2.15. The first-order chi connectivity index (χ1) is 7.64. The molecule has 1 fully saturated rings. The molecule has 88 valence electrons. The van der Waals surface area contributed by atoms with Gasteiger partial charge in [0.1, 0.15) is 5.82 Å². The Labute approximate surface area is 95.5 Å². The Balaban J connectivity index is 2.34. The zero-order valence-electron chi connectivity index (χ0n) is 9.18. The van der Waals surface area contributed by atoms with Crippen LogP contribution < -0.4 is 5.32 Å². The van der Waals surface area contributed by atoms with Crippen LogP contribution in [0.5, 0.6) is 0 Å². The van der Waals surface area contributed by atoms with Crippen molar-refractivity contribution in [3.05, 3.63) is 18.3 Å². The first-order valence-electron chi connectivity index (χ1n) is 5.28. The van der Waals surface area contributed by atoms with Gasteiger partial charge in [-0.05, 0) is 18.9 Å². The van der Waals surface area contributed by atoms with Crippen LogP contribution in [0.3, 0.4) is 0 Å². The molecule has 0 unspecified atom stereocenters. The van der Waals surface area contributed by atoms with Crippen LogP contribution in [0.2, 0.25) is 0 Å². The van der Waals surface area contributed by atoms with Crippen LogP contribution in [0, 0.1) is 0 Å². The van der Waals surface area contributed by atoms with Crippen molar-refractivity contribution in [1.82, 2.24) is 9.29 Å². The van der Waals surface area contributed by atoms with Crippen LogP contribution in [0.1, 0.15) is 12.8 Å². The monoisotopic (exact) mass is 241 g/mol. The van der Waals surface area contributed by atoms with Gasteiger partial charge in [-0.3, -0.25) is 0 Å². The molecule has 1 saturated heterocycles. The van der Waals surface area contributed by atoms with Crippen LogP contribution in [-0.4, -0.2) is 37.8 Å². The van der Waals surface area contributed by atoms with Crippen LogP contribution in [-0.2, 0) is 10.0 Å². The van der Waals surface area contributed by atoms with Crippen molar-refractivity contribution in [2.45, 2.75) is 17.7 Å². The first-order valence-corrected chi connectivity index (χ1v) is 6.72. The predicted octanol–water partition coefficient (Wildman–Crippen LogP) is 0.908. The van der Waals surface area contributed by atoms with Crippen molar-refractivity contribution in [2.24, 2.45) is 0 Å². The van der Waals surface area contributed by atoms with E-state index in [0.29, 0.717) is 23.8 Å². The van der Waals surface area contributed by atoms with Crippen molar-refractivity contribution in [3.8, 4) is 0 Å². The molecule has 1 aromatic rings. The van der Waals surface area contributed by atoms with E-state index in [1.165, 1.54) is 16.6 Å². The molecular formula is C10H15N3O2S. The Morgan fingerprint density at radius 2 is 2.06 bits per heavy atom. The highest BCUT2D eigenvalue weighted by molar-refractivity contribution is 7.89. The maximum absolute atomic E-state index is 12.2. The molecule has 6 heteroatoms. The van der Waals surface area contributed by atoms with E-state index in [1.807, 2.05) is 0 Å². The summed E-state index contributed by atoms with van der Waals surface area (Å²) in [6.07, 6.45) is 3.40. The molecule has 1 aliphatic heterocycles. The fourth-order valence-electron chi connectivity index (χ4n) is 1.79. The van der Waals surface area contributed by atoms with Gasteiger partial charge in [-0.2, -0.15) is 4.31 Å². The number of nitrogens with one attached hydrogen (secondary N) is 1. The number of pyridine rings is 1. The highest BCUT2D eigenvalue weighted by Gasteiger charge is 2.27. The van der Waals surface area contributed by atoms with Crippen molar-refractivity contribution >= 4 is 15.8 Å². The summed E-state index contributed by atoms with van der Waals surface area (Å²) in [5.74, 6) is 0.570. The van der Waals surface area contributed by atoms with Gasteiger partial charge in [0.25, 0.3) is 0 Å². The van der Waals surface area contributed by atoms with Gasteiger partial charge < -0.3 is 5.32 Å². The summed E-state index contributed by atoms with van der Waals surface area (Å²) >= 11 is 0. The number of sulfonamides is 1. The van der Waals surface area contributed by atoms with E-state index in [0.717, 1.165) is 12.8 Å². The van der Waals surface area contributed by atoms with Gasteiger partial charge in [-0.1, -0.05) is 0 Å². The van der Waals surface area contributed by atoms with Gasteiger partial charge in [-0.25, -0.2) is 13.4 Å². The molecule has 2 rings (SSSR count). The second-order valence-corrected chi connectivity index (χ2v) is 5.68. The van der Waals surface area contributed by atoms with Crippen molar-refractivity contribution < 1.29 is 8.42 Å². The maximum Gasteiger partial charge on any atom is 0.243 e. The molecule has 0 amide bonds. The molecule has 0 radical (unpaired) electrons. The molecule has 2 heterocycles. The zero-order valence-corrected chi connectivity index (χ0v) is 10.00. The largest absolute Gasteiger partial charge is 0.373 e. The summed E-state index contributed by atoms with van der Waals surface area (Å²) in [6, 6.07) is 3.10. The fourth-order valence-corrected chi connectivity index (χ4v) is 3.32. The second kappa shape index (κ2) is 4.39. The summed E-state index contributed by atoms with van der Waals surface area (Å²) in [6.45, 7) is 1.25. The lowest BCUT2D eigenvalue weighted by Crippen LogP contribution is -2.27. The molecular weight excluding hydrogens is 226 g/mol. The number of rotatable bonds is 3. The number of hydrogen-bond donors (Lipinski definition) is 1. The lowest BCUT2D eigenvalue weighted by atomic mass is 10.4. The van der Waals surface area contributed by atoms with Crippen LogP contribution in [0.15, 0.2) is 23.2 Å². The van der Waals surface area contributed by atoms with Crippen molar-refractivity contribution in [2.75, 3.05) is 25.5 Å². The van der Waals surface area contributed by atoms with E-state index in [1.54, 1.807) is 13.1 Å². The molecule has 0 aromatic carbocycles. The highest BCUT2D eigenvalue weighted by atomic mass is 32.2. The van der Waals surface area contributed by atoms with Gasteiger partial charge in [-0.15, -0.1) is 0 Å². The maximum atomic E-state index is 12.2. The minimum Gasteiger partial charge on any atom is -0.373 e. The number of nitrogens with zero attached hydrogens (tertiary/aromatic N) is 2. The van der Waals surface area contributed by atoms with E-state index in [4.69, 9.17) is 0 Å². The van der Waals surface area contributed by atoms with Crippen LogP contribution >= 0.6 is 0 Å². The number of anilines is 1. The third-order valence-electron chi connectivity index (χ3n) is 2.69. The first kappa shape index (κ1) is 11.3. The highest BCUT2D eigenvalue weighted by Crippen LogP contribution is 2.21. The summed E-state index contributed by atoms with van der Waals surface area (Å²) in [5, 5.41) is 2.84. The van der Waals surface area contributed by atoms with Crippen LogP contribution in [0.4, 0.5) is 5.82 Å². The Hall–Kier alpha value is -1.14. The molecule has 0 aliphatic carbocycles. The SMILES string of the molecule is CNc1cc(S(=O)(=O)N2CCCC2)ccn1. The normalized spacial score (nSPS) is 17.6. The number of hydrogen-bond acceptors (Lipinski definition) is 4. The average molecular weight is 241 g/mol. The van der Waals surface area contributed by atoms with Gasteiger partial charge in [0.05, 0.1) is 4.90 Å². The van der Waals surface area contributed by atoms with E-state index >= 15 is 0 Å². The molecule has 1 aromatic heterocycles. The molecule has 1 aliphatic rings. The quantitative estimate of drug-likeness (QED) is 0.854. The molecule has 0 bridgehead atoms. The van der Waals surface area contributed by atoms with Crippen molar-refractivity contribution in [1.29, 1.82) is 0 Å². The van der Waals surface area contributed by atoms with Crippen molar-refractivity contribution in [3.63, 3.8) is 0 Å². The Kier molecular flexibility index (Phi) is 3.11. The summed E-state index contributed by atoms with van der Waals surface area (Å²) in [7, 11) is -1.60.